The summed E-state index contributed by atoms with van der Waals surface area (Å²) in [5, 5.41) is 10.7. The molecule has 1 heterocycles. The second-order valence-corrected chi connectivity index (χ2v) is 8.44. The predicted molar refractivity (Wildman–Crippen MR) is 86.0 cm³/mol. The summed E-state index contributed by atoms with van der Waals surface area (Å²) in [5.74, 6) is 0. The number of aliphatic hydroxyl groups is 1. The number of hydrogen-bond donors (Lipinski definition) is 1. The highest BCUT2D eigenvalue weighted by atomic mass is 79.9. The van der Waals surface area contributed by atoms with Gasteiger partial charge in [0, 0.05) is 4.88 Å². The normalized spacial score (nSPS) is 13.6. The van der Waals surface area contributed by atoms with E-state index in [0.717, 1.165) is 19.8 Å². The Hall–Kier alpha value is -0.640. The molecule has 3 heteroatoms. The fourth-order valence-electron chi connectivity index (χ4n) is 2.32. The highest BCUT2D eigenvalue weighted by Gasteiger charge is 2.23. The van der Waals surface area contributed by atoms with Crippen LogP contribution in [0.25, 0.3) is 0 Å². The van der Waals surface area contributed by atoms with Crippen LogP contribution in [0.2, 0.25) is 0 Å². The lowest BCUT2D eigenvalue weighted by molar-refractivity contribution is 0.217. The Morgan fingerprint density at radius 2 is 1.79 bits per heavy atom. The molecule has 102 valence electrons. The fraction of sp³-hybridized carbons (Fsp3) is 0.375. The molecule has 1 aromatic heterocycles. The van der Waals surface area contributed by atoms with Crippen LogP contribution in [0.3, 0.4) is 0 Å². The molecule has 0 saturated carbocycles. The zero-order valence-electron chi connectivity index (χ0n) is 11.7. The van der Waals surface area contributed by atoms with Gasteiger partial charge in [0.25, 0.3) is 0 Å². The fourth-order valence-corrected chi connectivity index (χ4v) is 4.06. The Kier molecular flexibility index (Phi) is 4.19. The molecular formula is C16H19BrOS. The van der Waals surface area contributed by atoms with E-state index in [2.05, 4.69) is 42.8 Å². The van der Waals surface area contributed by atoms with Gasteiger partial charge >= 0.3 is 0 Å². The zero-order valence-corrected chi connectivity index (χ0v) is 14.1. The van der Waals surface area contributed by atoms with E-state index in [4.69, 9.17) is 0 Å². The molecule has 0 aliphatic carbocycles. The first-order valence-electron chi connectivity index (χ1n) is 6.34. The summed E-state index contributed by atoms with van der Waals surface area (Å²) in [6.07, 6.45) is -0.557. The van der Waals surface area contributed by atoms with Gasteiger partial charge in [-0.05, 0) is 51.0 Å². The molecule has 2 rings (SSSR count). The molecule has 0 aliphatic heterocycles. The van der Waals surface area contributed by atoms with Crippen LogP contribution in [-0.4, -0.2) is 5.11 Å². The molecule has 0 spiro atoms. The van der Waals surface area contributed by atoms with Gasteiger partial charge in [-0.2, -0.15) is 0 Å². The van der Waals surface area contributed by atoms with Crippen molar-refractivity contribution in [2.75, 3.05) is 0 Å². The molecular weight excluding hydrogens is 320 g/mol. The van der Waals surface area contributed by atoms with Crippen LogP contribution in [0.1, 0.15) is 48.4 Å². The van der Waals surface area contributed by atoms with Gasteiger partial charge in [-0.15, -0.1) is 11.3 Å². The largest absolute Gasteiger partial charge is 0.384 e. The highest BCUT2D eigenvalue weighted by molar-refractivity contribution is 9.11. The van der Waals surface area contributed by atoms with Crippen LogP contribution in [0.4, 0.5) is 0 Å². The molecule has 1 unspecified atom stereocenters. The molecule has 2 aromatic rings. The first-order chi connectivity index (χ1) is 8.80. The average molecular weight is 339 g/mol. The van der Waals surface area contributed by atoms with Crippen LogP contribution in [0, 0.1) is 6.92 Å². The molecule has 19 heavy (non-hydrogen) atoms. The van der Waals surface area contributed by atoms with Crippen LogP contribution in [-0.2, 0) is 5.41 Å². The lowest BCUT2D eigenvalue weighted by Gasteiger charge is -2.25. The summed E-state index contributed by atoms with van der Waals surface area (Å²) < 4.78 is 1.06. The average Bonchev–Trinajstić information content (AvgIpc) is 2.66. The van der Waals surface area contributed by atoms with Crippen molar-refractivity contribution in [2.24, 2.45) is 0 Å². The van der Waals surface area contributed by atoms with Gasteiger partial charge in [0.05, 0.1) is 3.79 Å². The lowest BCUT2D eigenvalue weighted by Crippen LogP contribution is -2.16. The molecule has 1 aromatic carbocycles. The number of benzene rings is 1. The molecule has 0 aliphatic rings. The van der Waals surface area contributed by atoms with Crippen molar-refractivity contribution in [3.05, 3.63) is 55.7 Å². The zero-order chi connectivity index (χ0) is 14.2. The number of aliphatic hydroxyl groups excluding tert-OH is 1. The third kappa shape index (κ3) is 3.10. The van der Waals surface area contributed by atoms with Crippen molar-refractivity contribution >= 4 is 27.3 Å². The van der Waals surface area contributed by atoms with E-state index in [-0.39, 0.29) is 5.41 Å². The molecule has 0 fully saturated rings. The summed E-state index contributed by atoms with van der Waals surface area (Å²) in [7, 11) is 0. The smallest absolute Gasteiger partial charge is 0.105 e. The van der Waals surface area contributed by atoms with Gasteiger partial charge in [-0.3, -0.25) is 0 Å². The van der Waals surface area contributed by atoms with Crippen LogP contribution in [0.15, 0.2) is 34.1 Å². The van der Waals surface area contributed by atoms with Crippen LogP contribution in [0.5, 0.6) is 0 Å². The van der Waals surface area contributed by atoms with Crippen molar-refractivity contribution in [1.29, 1.82) is 0 Å². The quantitative estimate of drug-likeness (QED) is 0.797. The lowest BCUT2D eigenvalue weighted by atomic mass is 9.81. The Morgan fingerprint density at radius 3 is 2.32 bits per heavy atom. The topological polar surface area (TPSA) is 20.2 Å². The van der Waals surface area contributed by atoms with E-state index < -0.39 is 6.10 Å². The Morgan fingerprint density at radius 1 is 1.16 bits per heavy atom. The molecule has 1 N–H and O–H groups in total. The standard InChI is InChI=1S/C16H19BrOS/c1-10-12(9-14(17)19-10)15(18)11-7-5-6-8-13(11)16(2,3)4/h5-9,15,18H,1-4H3. The van der Waals surface area contributed by atoms with E-state index in [1.54, 1.807) is 11.3 Å². The Labute approximate surface area is 127 Å². The van der Waals surface area contributed by atoms with E-state index in [0.29, 0.717) is 0 Å². The summed E-state index contributed by atoms with van der Waals surface area (Å²) in [5.41, 5.74) is 3.22. The van der Waals surface area contributed by atoms with E-state index in [9.17, 15) is 5.11 Å². The third-order valence-electron chi connectivity index (χ3n) is 3.28. The highest BCUT2D eigenvalue weighted by Crippen LogP contribution is 2.37. The molecule has 1 atom stereocenters. The first-order valence-corrected chi connectivity index (χ1v) is 7.95. The maximum absolute atomic E-state index is 10.7. The summed E-state index contributed by atoms with van der Waals surface area (Å²) in [6, 6.07) is 10.2. The summed E-state index contributed by atoms with van der Waals surface area (Å²) in [6.45, 7) is 8.58. The monoisotopic (exact) mass is 338 g/mol. The van der Waals surface area contributed by atoms with E-state index >= 15 is 0 Å². The molecule has 0 radical (unpaired) electrons. The minimum atomic E-state index is -0.557. The van der Waals surface area contributed by atoms with Crippen molar-refractivity contribution < 1.29 is 5.11 Å². The van der Waals surface area contributed by atoms with Crippen molar-refractivity contribution in [1.82, 2.24) is 0 Å². The second kappa shape index (κ2) is 5.39. The number of rotatable bonds is 2. The SMILES string of the molecule is Cc1sc(Br)cc1C(O)c1ccccc1C(C)(C)C. The Bertz CT molecular complexity index is 581. The number of thiophene rings is 1. The van der Waals surface area contributed by atoms with Gasteiger partial charge < -0.3 is 5.11 Å². The van der Waals surface area contributed by atoms with Crippen molar-refractivity contribution in [3.8, 4) is 0 Å². The van der Waals surface area contributed by atoms with Crippen molar-refractivity contribution in [2.45, 2.75) is 39.2 Å². The van der Waals surface area contributed by atoms with Gasteiger partial charge in [-0.25, -0.2) is 0 Å². The number of aryl methyl sites for hydroxylation is 1. The van der Waals surface area contributed by atoms with Gasteiger partial charge in [0.2, 0.25) is 0 Å². The van der Waals surface area contributed by atoms with Crippen LogP contribution < -0.4 is 0 Å². The molecule has 0 amide bonds. The van der Waals surface area contributed by atoms with Gasteiger partial charge in [0.1, 0.15) is 6.10 Å². The maximum atomic E-state index is 10.7. The summed E-state index contributed by atoms with van der Waals surface area (Å²) in [4.78, 5) is 1.16. The maximum Gasteiger partial charge on any atom is 0.105 e. The van der Waals surface area contributed by atoms with Gasteiger partial charge in [-0.1, -0.05) is 45.0 Å². The number of halogens is 1. The summed E-state index contributed by atoms with van der Waals surface area (Å²) >= 11 is 5.15. The second-order valence-electron chi connectivity index (χ2n) is 5.80. The van der Waals surface area contributed by atoms with Crippen molar-refractivity contribution in [3.63, 3.8) is 0 Å². The molecule has 0 bridgehead atoms. The molecule has 0 saturated heterocycles. The first kappa shape index (κ1) is 14.8. The van der Waals surface area contributed by atoms with Gasteiger partial charge in [0.15, 0.2) is 0 Å². The predicted octanol–water partition coefficient (Wildman–Crippen LogP) is 5.20. The van der Waals surface area contributed by atoms with Crippen LogP contribution >= 0.6 is 27.3 Å². The minimum Gasteiger partial charge on any atom is -0.384 e. The third-order valence-corrected chi connectivity index (χ3v) is 4.85. The number of hydrogen-bond acceptors (Lipinski definition) is 2. The minimum absolute atomic E-state index is 0.0265. The Balaban J connectivity index is 2.50. The molecule has 1 nitrogen and oxygen atoms in total. The van der Waals surface area contributed by atoms with E-state index in [1.165, 1.54) is 5.56 Å². The van der Waals surface area contributed by atoms with E-state index in [1.807, 2.05) is 31.2 Å².